The summed E-state index contributed by atoms with van der Waals surface area (Å²) >= 11 is 11.8. The molecule has 0 spiro atoms. The number of sulfonamides is 1. The molecule has 0 unspecified atom stereocenters. The van der Waals surface area contributed by atoms with Crippen molar-refractivity contribution in [1.82, 2.24) is 4.72 Å². The molecule has 0 saturated heterocycles. The van der Waals surface area contributed by atoms with E-state index in [4.69, 9.17) is 11.6 Å². The first-order valence-corrected chi connectivity index (χ1v) is 9.17. The zero-order chi connectivity index (χ0) is 13.3. The summed E-state index contributed by atoms with van der Waals surface area (Å²) in [6.07, 6.45) is 0. The number of nitrogens with one attached hydrogen (secondary N) is 1. The summed E-state index contributed by atoms with van der Waals surface area (Å²) in [5.74, 6) is 0. The normalized spacial score (nSPS) is 11.9. The van der Waals surface area contributed by atoms with Crippen LogP contribution in [0.1, 0.15) is 10.4 Å². The van der Waals surface area contributed by atoms with Gasteiger partial charge in [-0.2, -0.15) is 0 Å². The third-order valence-corrected chi connectivity index (χ3v) is 7.22. The van der Waals surface area contributed by atoms with Crippen LogP contribution in [0.5, 0.6) is 0 Å². The number of rotatable bonds is 4. The van der Waals surface area contributed by atoms with Crippen molar-refractivity contribution in [3.05, 3.63) is 36.8 Å². The van der Waals surface area contributed by atoms with Crippen LogP contribution in [0.25, 0.3) is 0 Å². The molecule has 0 aliphatic rings. The average molecular weight is 387 g/mol. The van der Waals surface area contributed by atoms with E-state index in [2.05, 4.69) is 20.7 Å². The molecule has 0 bridgehead atoms. The van der Waals surface area contributed by atoms with Gasteiger partial charge in [-0.15, -0.1) is 22.7 Å². The van der Waals surface area contributed by atoms with Crippen LogP contribution in [0.3, 0.4) is 0 Å². The zero-order valence-electron chi connectivity index (χ0n) is 9.24. The smallest absolute Gasteiger partial charge is 0.206 e. The summed E-state index contributed by atoms with van der Waals surface area (Å²) in [6, 6.07) is 5.35. The number of halogens is 2. The Labute approximate surface area is 127 Å². The van der Waals surface area contributed by atoms with Crippen molar-refractivity contribution >= 4 is 60.2 Å². The lowest BCUT2D eigenvalue weighted by molar-refractivity contribution is 0.584. The highest BCUT2D eigenvalue weighted by atomic mass is 79.9. The minimum absolute atomic E-state index is 0.251. The predicted octanol–water partition coefficient (Wildman–Crippen LogP) is 4.01. The van der Waals surface area contributed by atoms with Gasteiger partial charge < -0.3 is 0 Å². The Kier molecular flexibility index (Phi) is 4.51. The minimum Gasteiger partial charge on any atom is -0.206 e. The lowest BCUT2D eigenvalue weighted by Crippen LogP contribution is -2.21. The first-order chi connectivity index (χ1) is 8.38. The van der Waals surface area contributed by atoms with Crippen LogP contribution in [-0.4, -0.2) is 8.42 Å². The van der Waals surface area contributed by atoms with Gasteiger partial charge in [0.25, 0.3) is 0 Å². The number of hydrogen-bond donors (Lipinski definition) is 1. The van der Waals surface area contributed by atoms with Gasteiger partial charge in [0.1, 0.15) is 4.21 Å². The molecule has 98 valence electrons. The Bertz CT molecular complexity index is 643. The second kappa shape index (κ2) is 5.60. The predicted molar refractivity (Wildman–Crippen MR) is 80.1 cm³/mol. The summed E-state index contributed by atoms with van der Waals surface area (Å²) in [4.78, 5) is 0.949. The van der Waals surface area contributed by atoms with Crippen LogP contribution in [0.4, 0.5) is 0 Å². The van der Waals surface area contributed by atoms with Crippen molar-refractivity contribution in [2.24, 2.45) is 0 Å². The molecule has 0 atom stereocenters. The van der Waals surface area contributed by atoms with Gasteiger partial charge in [0, 0.05) is 11.4 Å². The SMILES string of the molecule is Cc1cc(S(=O)(=O)NCc2ccc(Br)s2)sc1Cl. The van der Waals surface area contributed by atoms with Crippen LogP contribution in [-0.2, 0) is 16.6 Å². The fraction of sp³-hybridized carbons (Fsp3) is 0.200. The highest BCUT2D eigenvalue weighted by Gasteiger charge is 2.18. The van der Waals surface area contributed by atoms with E-state index in [-0.39, 0.29) is 10.8 Å². The van der Waals surface area contributed by atoms with Crippen molar-refractivity contribution in [2.45, 2.75) is 17.7 Å². The Hall–Kier alpha value is 0.0800. The van der Waals surface area contributed by atoms with Gasteiger partial charge in [-0.05, 0) is 46.6 Å². The molecule has 0 radical (unpaired) electrons. The van der Waals surface area contributed by atoms with Gasteiger partial charge in [-0.3, -0.25) is 0 Å². The van der Waals surface area contributed by atoms with Crippen LogP contribution >= 0.6 is 50.2 Å². The molecular weight excluding hydrogens is 378 g/mol. The van der Waals surface area contributed by atoms with Gasteiger partial charge in [0.05, 0.1) is 8.12 Å². The maximum absolute atomic E-state index is 12.0. The number of thiophene rings is 2. The molecule has 8 heteroatoms. The fourth-order valence-electron chi connectivity index (χ4n) is 1.25. The maximum Gasteiger partial charge on any atom is 0.250 e. The van der Waals surface area contributed by atoms with Crippen molar-refractivity contribution in [2.75, 3.05) is 0 Å². The number of aryl methyl sites for hydroxylation is 1. The van der Waals surface area contributed by atoms with Crippen LogP contribution in [0.15, 0.2) is 26.2 Å². The van der Waals surface area contributed by atoms with E-state index in [0.717, 1.165) is 25.6 Å². The van der Waals surface area contributed by atoms with Crippen molar-refractivity contribution in [3.63, 3.8) is 0 Å². The van der Waals surface area contributed by atoms with Gasteiger partial charge in [-0.25, -0.2) is 13.1 Å². The number of hydrogen-bond acceptors (Lipinski definition) is 4. The van der Waals surface area contributed by atoms with Crippen LogP contribution < -0.4 is 4.72 Å². The Morgan fingerprint density at radius 2 is 2.11 bits per heavy atom. The molecule has 0 aliphatic heterocycles. The molecule has 1 N–H and O–H groups in total. The lowest BCUT2D eigenvalue weighted by atomic mass is 10.4. The summed E-state index contributed by atoms with van der Waals surface area (Å²) in [5, 5.41) is 0. The quantitative estimate of drug-likeness (QED) is 0.863. The van der Waals surface area contributed by atoms with Crippen molar-refractivity contribution in [3.8, 4) is 0 Å². The third kappa shape index (κ3) is 3.34. The molecule has 18 heavy (non-hydrogen) atoms. The fourth-order valence-corrected chi connectivity index (χ4v) is 5.52. The van der Waals surface area contributed by atoms with Crippen LogP contribution in [0.2, 0.25) is 4.34 Å². The molecule has 3 nitrogen and oxygen atoms in total. The highest BCUT2D eigenvalue weighted by molar-refractivity contribution is 9.11. The highest BCUT2D eigenvalue weighted by Crippen LogP contribution is 2.30. The molecule has 0 saturated carbocycles. The van der Waals surface area contributed by atoms with E-state index in [1.165, 1.54) is 11.3 Å². The van der Waals surface area contributed by atoms with Gasteiger partial charge in [0.15, 0.2) is 0 Å². The van der Waals surface area contributed by atoms with Gasteiger partial charge in [0.2, 0.25) is 10.0 Å². The molecular formula is C10H9BrClNO2S3. The maximum atomic E-state index is 12.0. The first-order valence-electron chi connectivity index (χ1n) is 4.88. The molecule has 2 aromatic rings. The summed E-state index contributed by atoms with van der Waals surface area (Å²) in [6.45, 7) is 2.07. The molecule has 2 heterocycles. The van der Waals surface area contributed by atoms with E-state index < -0.39 is 10.0 Å². The Balaban J connectivity index is 2.12. The monoisotopic (exact) mass is 385 g/mol. The lowest BCUT2D eigenvalue weighted by Gasteiger charge is -2.02. The molecule has 2 aromatic heterocycles. The molecule has 0 amide bonds. The minimum atomic E-state index is -3.48. The molecule has 0 fully saturated rings. The van der Waals surface area contributed by atoms with E-state index >= 15 is 0 Å². The molecule has 2 rings (SSSR count). The third-order valence-electron chi connectivity index (χ3n) is 2.16. The van der Waals surface area contributed by atoms with E-state index in [1.54, 1.807) is 13.0 Å². The van der Waals surface area contributed by atoms with E-state index in [9.17, 15) is 8.42 Å². The Morgan fingerprint density at radius 1 is 1.39 bits per heavy atom. The summed E-state index contributed by atoms with van der Waals surface area (Å²) in [7, 11) is -3.48. The van der Waals surface area contributed by atoms with Crippen LogP contribution in [0, 0.1) is 6.92 Å². The Morgan fingerprint density at radius 3 is 2.61 bits per heavy atom. The second-order valence-electron chi connectivity index (χ2n) is 3.55. The van der Waals surface area contributed by atoms with E-state index in [1.807, 2.05) is 12.1 Å². The zero-order valence-corrected chi connectivity index (χ0v) is 14.0. The van der Waals surface area contributed by atoms with Crippen molar-refractivity contribution < 1.29 is 8.42 Å². The summed E-state index contributed by atoms with van der Waals surface area (Å²) < 4.78 is 28.3. The first kappa shape index (κ1) is 14.5. The average Bonchev–Trinajstić information content (AvgIpc) is 2.84. The standard InChI is InChI=1S/C10H9BrClNO2S3/c1-6-4-9(17-10(6)12)18(14,15)13-5-7-2-3-8(11)16-7/h2-4,13H,5H2,1H3. The largest absolute Gasteiger partial charge is 0.250 e. The molecule has 0 aromatic carbocycles. The van der Waals surface area contributed by atoms with Crippen molar-refractivity contribution in [1.29, 1.82) is 0 Å². The summed E-state index contributed by atoms with van der Waals surface area (Å²) in [5.41, 5.74) is 0.779. The second-order valence-corrected chi connectivity index (χ2v) is 9.75. The topological polar surface area (TPSA) is 46.2 Å². The van der Waals surface area contributed by atoms with Gasteiger partial charge in [-0.1, -0.05) is 11.6 Å². The molecule has 0 aliphatic carbocycles. The van der Waals surface area contributed by atoms with Gasteiger partial charge >= 0.3 is 0 Å². The van der Waals surface area contributed by atoms with E-state index in [0.29, 0.717) is 4.34 Å².